The van der Waals surface area contributed by atoms with Crippen LogP contribution in [0.5, 0.6) is 0 Å². The molecule has 107 heavy (non-hydrogen) atoms. The van der Waals surface area contributed by atoms with Crippen molar-refractivity contribution < 1.29 is 9.59 Å². The number of aryl methyl sites for hydroxylation is 2. The summed E-state index contributed by atoms with van der Waals surface area (Å²) in [6.07, 6.45) is 46.2. The first-order valence-corrected chi connectivity index (χ1v) is 46.2. The van der Waals surface area contributed by atoms with E-state index in [2.05, 4.69) is 117 Å². The minimum atomic E-state index is -0.164. The summed E-state index contributed by atoms with van der Waals surface area (Å²) >= 11 is 16.1. The van der Waals surface area contributed by atoms with Crippen LogP contribution in [0, 0.1) is 47.6 Å². The summed E-state index contributed by atoms with van der Waals surface area (Å²) in [4.78, 5) is 39.7. The molecular formula is C90H104Br2N8O2S5. The van der Waals surface area contributed by atoms with E-state index in [-0.39, 0.29) is 23.0 Å². The number of halogens is 2. The maximum atomic E-state index is 15.0. The van der Waals surface area contributed by atoms with Gasteiger partial charge in [-0.3, -0.25) is 9.59 Å². The molecule has 2 aliphatic carbocycles. The van der Waals surface area contributed by atoms with Gasteiger partial charge in [0.1, 0.15) is 41.9 Å². The van der Waals surface area contributed by atoms with Crippen molar-refractivity contribution in [1.82, 2.24) is 17.9 Å². The van der Waals surface area contributed by atoms with Crippen LogP contribution in [0.1, 0.15) is 313 Å². The van der Waals surface area contributed by atoms with E-state index in [4.69, 9.17) is 21.9 Å². The van der Waals surface area contributed by atoms with E-state index in [1.165, 1.54) is 225 Å². The van der Waals surface area contributed by atoms with Crippen LogP contribution < -0.4 is 0 Å². The highest BCUT2D eigenvalue weighted by atomic mass is 79.9. The molecule has 0 saturated heterocycles. The largest absolute Gasteiger partial charge is 0.528 e. The van der Waals surface area contributed by atoms with Crippen molar-refractivity contribution in [2.75, 3.05) is 0 Å². The summed E-state index contributed by atoms with van der Waals surface area (Å²) in [7, 11) is 0. The molecule has 0 N–H and O–H groups in total. The van der Waals surface area contributed by atoms with Crippen LogP contribution in [0.4, 0.5) is 0 Å². The van der Waals surface area contributed by atoms with Gasteiger partial charge in [-0.25, -0.2) is 0 Å². The van der Waals surface area contributed by atoms with Crippen LogP contribution in [0.15, 0.2) is 67.9 Å². The topological polar surface area (TPSA) is 126 Å². The van der Waals surface area contributed by atoms with Crippen molar-refractivity contribution in [3.8, 4) is 12.1 Å². The molecule has 0 spiro atoms. The van der Waals surface area contributed by atoms with E-state index in [9.17, 15) is 10.5 Å². The minimum Gasteiger partial charge on any atom is -0.337 e. The van der Waals surface area contributed by atoms with Crippen molar-refractivity contribution in [2.24, 2.45) is 11.8 Å². The lowest BCUT2D eigenvalue weighted by atomic mass is 9.94. The lowest BCUT2D eigenvalue weighted by molar-refractivity contribution is 0.103. The van der Waals surface area contributed by atoms with Gasteiger partial charge in [0.15, 0.2) is 11.6 Å². The second-order valence-corrected chi connectivity index (χ2v) is 36.8. The Morgan fingerprint density at radius 1 is 0.458 bits per heavy atom. The number of fused-ring (bicyclic) bond motifs is 16. The highest BCUT2D eigenvalue weighted by molar-refractivity contribution is 9.10. The number of ketones is 2. The smallest absolute Gasteiger partial charge is 0.337 e. The van der Waals surface area contributed by atoms with Gasteiger partial charge in [-0.1, -0.05) is 253 Å². The van der Waals surface area contributed by atoms with Crippen LogP contribution in [-0.4, -0.2) is 29.4 Å². The van der Waals surface area contributed by atoms with Crippen molar-refractivity contribution in [1.29, 1.82) is 10.5 Å². The molecule has 2 unspecified atom stereocenters. The quantitative estimate of drug-likeness (QED) is 0.0162. The molecule has 7 heterocycles. The summed E-state index contributed by atoms with van der Waals surface area (Å²) in [5.41, 5.74) is 13.2. The molecule has 10 nitrogen and oxygen atoms in total. The van der Waals surface area contributed by atoms with Crippen LogP contribution in [0.2, 0.25) is 0 Å². The molecule has 0 amide bonds. The van der Waals surface area contributed by atoms with Gasteiger partial charge in [-0.05, 0) is 134 Å². The number of thiophene rings is 4. The number of nitriles is 2. The normalized spacial score (nSPS) is 14.4. The summed E-state index contributed by atoms with van der Waals surface area (Å²) in [6.45, 7) is 32.1. The van der Waals surface area contributed by atoms with Crippen molar-refractivity contribution >= 4 is 196 Å². The van der Waals surface area contributed by atoms with E-state index < -0.39 is 0 Å². The Morgan fingerprint density at radius 2 is 0.822 bits per heavy atom. The highest BCUT2D eigenvalue weighted by Crippen LogP contribution is 2.57. The average Bonchev–Trinajstić information content (AvgIpc) is 1.50. The molecule has 17 heteroatoms. The third kappa shape index (κ3) is 17.1. The molecule has 2 aliphatic rings. The second-order valence-electron chi connectivity index (χ2n) is 30.3. The summed E-state index contributed by atoms with van der Waals surface area (Å²) in [6, 6.07) is 15.6. The Kier molecular flexibility index (Phi) is 28.8. The van der Waals surface area contributed by atoms with E-state index in [0.29, 0.717) is 56.4 Å². The Labute approximate surface area is 671 Å². The maximum absolute atomic E-state index is 15.0. The number of carbonyl (C=O) groups is 2. The fourth-order valence-electron chi connectivity index (χ4n) is 17.1. The summed E-state index contributed by atoms with van der Waals surface area (Å²) in [5.74, 6) is 0.401. The third-order valence-electron chi connectivity index (χ3n) is 22.7. The molecule has 10 aromatic rings. The summed E-state index contributed by atoms with van der Waals surface area (Å²) < 4.78 is 25.6. The molecule has 0 saturated carbocycles. The first-order valence-electron chi connectivity index (χ1n) is 40.6. The van der Waals surface area contributed by atoms with Crippen LogP contribution in [0.25, 0.3) is 105 Å². The predicted octanol–water partition coefficient (Wildman–Crippen LogP) is 30.6. The molecule has 0 radical (unpaired) electrons. The fourth-order valence-corrected chi connectivity index (χ4v) is 24.3. The Bertz CT molecular complexity index is 4860. The number of allylic oxidation sites excluding steroid dienone is 5. The molecule has 560 valence electrons. The van der Waals surface area contributed by atoms with Gasteiger partial charge in [0.05, 0.1) is 67.6 Å². The van der Waals surface area contributed by atoms with Gasteiger partial charge in [0, 0.05) is 70.4 Å². The fraction of sp³-hybridized carbons (Fsp3) is 0.511. The average molecular weight is 1650 g/mol. The number of unbranched alkanes of at least 4 members (excludes halogenated alkanes) is 24. The van der Waals surface area contributed by atoms with Gasteiger partial charge in [0.2, 0.25) is 0 Å². The van der Waals surface area contributed by atoms with Gasteiger partial charge < -0.3 is 9.13 Å². The van der Waals surface area contributed by atoms with Gasteiger partial charge in [0.25, 0.3) is 0 Å². The number of aromatic nitrogens is 4. The van der Waals surface area contributed by atoms with Crippen molar-refractivity contribution in [3.63, 3.8) is 0 Å². The maximum Gasteiger partial charge on any atom is 0.528 e. The van der Waals surface area contributed by atoms with E-state index >= 15 is 9.59 Å². The van der Waals surface area contributed by atoms with E-state index in [0.717, 1.165) is 133 Å². The first kappa shape index (κ1) is 80.1. The number of carbonyl (C=O) groups excluding carboxylic acids is 2. The van der Waals surface area contributed by atoms with Gasteiger partial charge >= 0.3 is 5.82 Å². The number of rotatable bonds is 42. The lowest BCUT2D eigenvalue weighted by Crippen LogP contribution is -2.14. The standard InChI is InChI=1S/C90H104Br2N8O2S5/c1-9-15-21-25-27-29-31-33-37-43-64-70(51-68-72(59(53-93)54-94)66-49-60(91)45-47-62(66)82(68)101)103-88-80-86(105-84(64)88)74-76-77(98-107-97-76)75-79(78(74)99(80)55-57(39-19-13-5)41-35-23-17-11-3)100(56-58(40-20-14-6)42-36-24-18-12-4)81-87(75)106-85-65(44-38-34-32-30-28-26-22-16-10-2)71(104-89(81)85)52-69-73(90(95-7)96-8)67-50-61(92)46-48-63(67)83(69)102/h45-52,57-58H,9-44,55-56H2,1-6H3/b68-51-,69-52-. The zero-order chi connectivity index (χ0) is 75.1. The number of benzene rings is 3. The Hall–Kier alpha value is -6.38. The van der Waals surface area contributed by atoms with Gasteiger partial charge in [-0.15, -0.1) is 45.3 Å². The number of hydrogen-bond acceptors (Lipinski definition) is 11. The molecule has 2 atom stereocenters. The second kappa shape index (κ2) is 38.5. The van der Waals surface area contributed by atoms with Crippen molar-refractivity contribution in [2.45, 2.75) is 286 Å². The molecule has 3 aromatic carbocycles. The zero-order valence-corrected chi connectivity index (χ0v) is 71.1. The third-order valence-corrected chi connectivity index (χ3v) is 29.4. The number of nitrogens with zero attached hydrogens (tertiary/aromatic N) is 8. The Balaban J connectivity index is 1.16. The molecule has 0 aliphatic heterocycles. The van der Waals surface area contributed by atoms with Gasteiger partial charge in [-0.2, -0.15) is 29.0 Å². The molecule has 0 fully saturated rings. The predicted molar refractivity (Wildman–Crippen MR) is 467 cm³/mol. The van der Waals surface area contributed by atoms with Crippen LogP contribution >= 0.6 is 88.9 Å². The molecule has 7 aromatic heterocycles. The summed E-state index contributed by atoms with van der Waals surface area (Å²) in [5, 5.41) is 23.7. The van der Waals surface area contributed by atoms with Crippen molar-refractivity contribution in [3.05, 3.63) is 134 Å². The minimum absolute atomic E-state index is 0.0600. The highest BCUT2D eigenvalue weighted by Gasteiger charge is 2.39. The Morgan fingerprint density at radius 3 is 1.21 bits per heavy atom. The van der Waals surface area contributed by atoms with Crippen LogP contribution in [0.3, 0.4) is 0 Å². The molecule has 0 bridgehead atoms. The number of Topliss-reactive ketones (excluding diaryl/α,β-unsaturated/α-hetero) is 2. The SMILES string of the molecule is [C-]#[N+]C([N+]#[C-])=C1/C(=C/c2sc3c(sc4c5c6nsnc6c6c7sc8c(CCCCCCCCCCC)c(/C=C9\C(=O)c%10ccc(Br)cc%10C9=C(C#N)C#N)sc8c7n(CC(CCCC)CCCCCC)c6c5n(CC(CCCC)CCCCCC)c34)c2CCCCCCCCCCC)C(=O)c2ccc(Br)cc21. The monoisotopic (exact) mass is 1650 g/mol. The van der Waals surface area contributed by atoms with Crippen LogP contribution in [-0.2, 0) is 25.9 Å². The van der Waals surface area contributed by atoms with E-state index in [1.54, 1.807) is 22.7 Å². The first-order chi connectivity index (χ1) is 52.4. The van der Waals surface area contributed by atoms with E-state index in [1.807, 2.05) is 59.1 Å². The zero-order valence-electron chi connectivity index (χ0n) is 63.8. The lowest BCUT2D eigenvalue weighted by Gasteiger charge is -2.22. The molecule has 12 rings (SSSR count). The molecular weight excluding hydrogens is 1550 g/mol. The number of hydrogen-bond donors (Lipinski definition) is 0.